The first-order valence-corrected chi connectivity index (χ1v) is 14.5. The molecule has 0 amide bonds. The van der Waals surface area contributed by atoms with Crippen LogP contribution in [0.15, 0.2) is 52.8 Å². The van der Waals surface area contributed by atoms with E-state index in [0.29, 0.717) is 5.92 Å². The van der Waals surface area contributed by atoms with Crippen molar-refractivity contribution < 1.29 is 4.79 Å². The number of nitrogens with one attached hydrogen (secondary N) is 2. The lowest BCUT2D eigenvalue weighted by atomic mass is 9.96. The molecule has 1 heterocycles. The Morgan fingerprint density at radius 1 is 1.03 bits per heavy atom. The molecule has 2 rings (SSSR count). The van der Waals surface area contributed by atoms with Crippen molar-refractivity contribution in [2.45, 2.75) is 107 Å². The van der Waals surface area contributed by atoms with Crippen molar-refractivity contribution in [3.63, 3.8) is 0 Å². The standard InChI is InChI=1S/C16H29N3.C9H10O.C8H18/c1-6-8-14(7-2)12(3)19-16-11-18-10-9-15(16)13(4)17-5;1-7-3-5-9(6-4-7)8(2)10;1-4-6-8(3)7-5-2/h14,18-19H,3,6-11H2,1-2,4-5H3;3-6H,1-2H3;8H,4-7H2,1-3H3. The molecule has 4 nitrogen and oxygen atoms in total. The number of hydrogen-bond acceptors (Lipinski definition) is 4. The van der Waals surface area contributed by atoms with Crippen LogP contribution in [0.5, 0.6) is 0 Å². The molecule has 0 saturated heterocycles. The summed E-state index contributed by atoms with van der Waals surface area (Å²) in [4.78, 5) is 15.1. The van der Waals surface area contributed by atoms with Crippen LogP contribution < -0.4 is 10.6 Å². The second-order valence-corrected chi connectivity index (χ2v) is 10.3. The van der Waals surface area contributed by atoms with Crippen LogP contribution in [0.1, 0.15) is 116 Å². The minimum atomic E-state index is 0.125. The molecular formula is C33H57N3O. The molecule has 1 aromatic rings. The summed E-state index contributed by atoms with van der Waals surface area (Å²) in [6, 6.07) is 7.57. The third-order valence-electron chi connectivity index (χ3n) is 6.95. The van der Waals surface area contributed by atoms with Crippen molar-refractivity contribution in [3.05, 3.63) is 58.9 Å². The van der Waals surface area contributed by atoms with Crippen LogP contribution in [-0.2, 0) is 0 Å². The first-order valence-electron chi connectivity index (χ1n) is 14.5. The highest BCUT2D eigenvalue weighted by atomic mass is 16.1. The molecule has 0 fully saturated rings. The van der Waals surface area contributed by atoms with Gasteiger partial charge in [-0.15, -0.1) is 0 Å². The summed E-state index contributed by atoms with van der Waals surface area (Å²) in [7, 11) is 1.86. The zero-order valence-electron chi connectivity index (χ0n) is 25.6. The van der Waals surface area contributed by atoms with Crippen molar-refractivity contribution in [1.82, 2.24) is 10.6 Å². The third kappa shape index (κ3) is 15.0. The fraction of sp³-hybridized carbons (Fsp3) is 0.636. The molecule has 0 spiro atoms. The van der Waals surface area contributed by atoms with E-state index in [2.05, 4.69) is 63.7 Å². The van der Waals surface area contributed by atoms with Crippen LogP contribution in [0, 0.1) is 18.8 Å². The molecule has 37 heavy (non-hydrogen) atoms. The SMILES string of the molecule is C=C(NC1=C(C(C)=NC)CCNC1)C(CC)CCC.CC(=O)c1ccc(C)cc1.CCCC(C)CCC. The van der Waals surface area contributed by atoms with E-state index in [9.17, 15) is 4.79 Å². The molecule has 2 N–H and O–H groups in total. The van der Waals surface area contributed by atoms with Gasteiger partial charge in [-0.05, 0) is 64.0 Å². The number of hydrogen-bond donors (Lipinski definition) is 2. The fourth-order valence-electron chi connectivity index (χ4n) is 4.53. The first kappa shape index (κ1) is 34.8. The molecule has 1 aliphatic heterocycles. The Balaban J connectivity index is 0.000000600. The van der Waals surface area contributed by atoms with Crippen LogP contribution in [0.25, 0.3) is 0 Å². The van der Waals surface area contributed by atoms with E-state index in [0.717, 1.165) is 48.8 Å². The van der Waals surface area contributed by atoms with Crippen LogP contribution in [0.2, 0.25) is 0 Å². The quantitative estimate of drug-likeness (QED) is 0.218. The van der Waals surface area contributed by atoms with Gasteiger partial charge in [0.1, 0.15) is 0 Å². The Hall–Kier alpha value is -2.20. The van der Waals surface area contributed by atoms with E-state index >= 15 is 0 Å². The van der Waals surface area contributed by atoms with Gasteiger partial charge in [-0.1, -0.05) is 103 Å². The summed E-state index contributed by atoms with van der Waals surface area (Å²) in [5.41, 5.74) is 6.88. The molecule has 1 atom stereocenters. The fourth-order valence-corrected chi connectivity index (χ4v) is 4.53. The van der Waals surface area contributed by atoms with Crippen molar-refractivity contribution in [1.29, 1.82) is 0 Å². The summed E-state index contributed by atoms with van der Waals surface area (Å²) in [5.74, 6) is 1.66. The number of Topliss-reactive ketones (excluding diaryl/α,β-unsaturated/α-hetero) is 1. The second-order valence-electron chi connectivity index (χ2n) is 10.3. The van der Waals surface area contributed by atoms with Crippen LogP contribution in [-0.4, -0.2) is 31.6 Å². The highest BCUT2D eigenvalue weighted by Crippen LogP contribution is 2.21. The van der Waals surface area contributed by atoms with Crippen molar-refractivity contribution in [2.75, 3.05) is 20.1 Å². The number of ketones is 1. The number of aryl methyl sites for hydroxylation is 1. The van der Waals surface area contributed by atoms with Gasteiger partial charge in [0.25, 0.3) is 0 Å². The molecule has 0 bridgehead atoms. The molecule has 210 valence electrons. The number of rotatable bonds is 12. The topological polar surface area (TPSA) is 53.5 Å². The number of allylic oxidation sites excluding steroid dienone is 1. The van der Waals surface area contributed by atoms with Crippen LogP contribution in [0.4, 0.5) is 0 Å². The molecule has 0 radical (unpaired) electrons. The van der Waals surface area contributed by atoms with Gasteiger partial charge in [-0.25, -0.2) is 0 Å². The number of carbonyl (C=O) groups excluding carboxylic acids is 1. The third-order valence-corrected chi connectivity index (χ3v) is 6.95. The lowest BCUT2D eigenvalue weighted by Crippen LogP contribution is -2.34. The molecular weight excluding hydrogens is 454 g/mol. The van der Waals surface area contributed by atoms with Crippen LogP contribution >= 0.6 is 0 Å². The van der Waals surface area contributed by atoms with E-state index in [1.54, 1.807) is 6.92 Å². The predicted octanol–water partition coefficient (Wildman–Crippen LogP) is 8.67. The Kier molecular flexibility index (Phi) is 19.6. The average Bonchev–Trinajstić information content (AvgIpc) is 2.88. The Morgan fingerprint density at radius 2 is 1.59 bits per heavy atom. The number of carbonyl (C=O) groups is 1. The molecule has 1 aromatic carbocycles. The van der Waals surface area contributed by atoms with Gasteiger partial charge >= 0.3 is 0 Å². The highest BCUT2D eigenvalue weighted by Gasteiger charge is 2.17. The molecule has 0 aromatic heterocycles. The summed E-state index contributed by atoms with van der Waals surface area (Å²) in [6.07, 6.45) is 10.1. The Morgan fingerprint density at radius 3 is 2.05 bits per heavy atom. The summed E-state index contributed by atoms with van der Waals surface area (Å²) in [6.45, 7) is 23.2. The zero-order valence-corrected chi connectivity index (χ0v) is 25.6. The molecule has 0 saturated carbocycles. The predicted molar refractivity (Wildman–Crippen MR) is 165 cm³/mol. The van der Waals surface area contributed by atoms with E-state index in [4.69, 9.17) is 0 Å². The van der Waals surface area contributed by atoms with Crippen molar-refractivity contribution in [2.24, 2.45) is 16.8 Å². The molecule has 1 aliphatic rings. The Bertz CT molecular complexity index is 830. The number of aliphatic imine (C=N–C) groups is 1. The summed E-state index contributed by atoms with van der Waals surface area (Å²) in [5, 5.41) is 6.98. The van der Waals surface area contributed by atoms with Gasteiger partial charge < -0.3 is 10.6 Å². The monoisotopic (exact) mass is 511 g/mol. The number of nitrogens with zero attached hydrogens (tertiary/aromatic N) is 1. The zero-order chi connectivity index (χ0) is 28.2. The molecule has 0 aliphatic carbocycles. The van der Waals surface area contributed by atoms with E-state index < -0.39 is 0 Å². The largest absolute Gasteiger partial charge is 0.361 e. The average molecular weight is 512 g/mol. The van der Waals surface area contributed by atoms with Gasteiger partial charge in [0.15, 0.2) is 5.78 Å². The van der Waals surface area contributed by atoms with E-state index in [1.807, 2.05) is 38.2 Å². The maximum atomic E-state index is 10.8. The first-order chi connectivity index (χ1) is 17.6. The number of benzene rings is 1. The van der Waals surface area contributed by atoms with Gasteiger partial charge in [0.05, 0.1) is 0 Å². The maximum absolute atomic E-state index is 10.8. The minimum absolute atomic E-state index is 0.125. The Labute approximate surface area is 229 Å². The van der Waals surface area contributed by atoms with E-state index in [-0.39, 0.29) is 5.78 Å². The van der Waals surface area contributed by atoms with E-state index in [1.165, 1.54) is 55.4 Å². The van der Waals surface area contributed by atoms with Gasteiger partial charge in [-0.3, -0.25) is 9.79 Å². The van der Waals surface area contributed by atoms with Gasteiger partial charge in [0, 0.05) is 36.3 Å². The highest BCUT2D eigenvalue weighted by molar-refractivity contribution is 5.99. The lowest BCUT2D eigenvalue weighted by Gasteiger charge is -2.26. The van der Waals surface area contributed by atoms with Crippen LogP contribution in [0.3, 0.4) is 0 Å². The van der Waals surface area contributed by atoms with Crippen molar-refractivity contribution in [3.8, 4) is 0 Å². The van der Waals surface area contributed by atoms with Gasteiger partial charge in [0.2, 0.25) is 0 Å². The second kappa shape index (κ2) is 20.8. The smallest absolute Gasteiger partial charge is 0.159 e. The van der Waals surface area contributed by atoms with Gasteiger partial charge in [-0.2, -0.15) is 0 Å². The maximum Gasteiger partial charge on any atom is 0.159 e. The molecule has 4 heteroatoms. The minimum Gasteiger partial charge on any atom is -0.361 e. The molecule has 1 unspecified atom stereocenters. The van der Waals surface area contributed by atoms with Crippen molar-refractivity contribution >= 4 is 11.5 Å². The summed E-state index contributed by atoms with van der Waals surface area (Å²) >= 11 is 0. The lowest BCUT2D eigenvalue weighted by molar-refractivity contribution is 0.101. The summed E-state index contributed by atoms with van der Waals surface area (Å²) < 4.78 is 0. The normalized spacial score (nSPS) is 14.3.